The number of fused-ring (bicyclic) bond motifs is 1. The maximum Gasteiger partial charge on any atom is 0.261 e. The highest BCUT2D eigenvalue weighted by atomic mass is 32.2. The number of methoxy groups -OCH3 is 1. The third-order valence-corrected chi connectivity index (χ3v) is 12.2. The van der Waals surface area contributed by atoms with Gasteiger partial charge in [0, 0.05) is 38.3 Å². The van der Waals surface area contributed by atoms with E-state index < -0.39 is 44.0 Å². The number of rotatable bonds is 10. The Kier molecular flexibility index (Phi) is 12.9. The van der Waals surface area contributed by atoms with E-state index in [-0.39, 0.29) is 64.0 Å². The molecule has 2 N–H and O–H groups in total. The fraction of sp³-hybridized carbons (Fsp3) is 0.529. The van der Waals surface area contributed by atoms with Gasteiger partial charge in [0.1, 0.15) is 22.1 Å². The molecule has 1 amide bonds. The monoisotopic (exact) mass is 736 g/mol. The van der Waals surface area contributed by atoms with Crippen LogP contribution >= 0.6 is 0 Å². The SMILES string of the molecule is COc1ccc(S(=O)(=O)Nc2ccc3c(c2)C(=O)N([C@@H](C)CO)C[C@H](C)[C@H](CN(C)S(=O)(=O)c2c(C)noc2C)OCCCC[C@@H](C)O3)cc1. The molecule has 1 aliphatic heterocycles. The van der Waals surface area contributed by atoms with Crippen LogP contribution in [0.25, 0.3) is 0 Å². The lowest BCUT2D eigenvalue weighted by Gasteiger charge is -2.35. The second-order valence-electron chi connectivity index (χ2n) is 12.7. The molecule has 16 heteroatoms. The summed E-state index contributed by atoms with van der Waals surface area (Å²) >= 11 is 0. The first kappa shape index (κ1) is 39.1. The molecule has 0 radical (unpaired) electrons. The van der Waals surface area contributed by atoms with Crippen molar-refractivity contribution < 1.29 is 45.5 Å². The molecule has 50 heavy (non-hydrogen) atoms. The molecule has 2 aromatic carbocycles. The Morgan fingerprint density at radius 2 is 1.80 bits per heavy atom. The number of carbonyl (C=O) groups is 1. The predicted octanol–water partition coefficient (Wildman–Crippen LogP) is 4.22. The molecule has 0 saturated heterocycles. The van der Waals surface area contributed by atoms with Gasteiger partial charge in [-0.15, -0.1) is 0 Å². The molecule has 2 heterocycles. The van der Waals surface area contributed by atoms with Crippen molar-refractivity contribution in [3.8, 4) is 11.5 Å². The van der Waals surface area contributed by atoms with E-state index in [0.29, 0.717) is 25.2 Å². The molecular weight excluding hydrogens is 689 g/mol. The van der Waals surface area contributed by atoms with Gasteiger partial charge < -0.3 is 28.7 Å². The highest BCUT2D eigenvalue weighted by molar-refractivity contribution is 7.92. The number of sulfonamides is 2. The molecular formula is C34H48N4O10S2. The van der Waals surface area contributed by atoms with E-state index in [1.807, 2.05) is 13.8 Å². The Hall–Kier alpha value is -3.70. The first-order chi connectivity index (χ1) is 23.6. The van der Waals surface area contributed by atoms with Gasteiger partial charge in [0.2, 0.25) is 10.0 Å². The van der Waals surface area contributed by atoms with E-state index in [0.717, 1.165) is 6.42 Å². The summed E-state index contributed by atoms with van der Waals surface area (Å²) in [6.07, 6.45) is 1.14. The van der Waals surface area contributed by atoms with Crippen LogP contribution in [0, 0.1) is 19.8 Å². The zero-order chi connectivity index (χ0) is 36.8. The number of aliphatic hydroxyl groups excluding tert-OH is 1. The van der Waals surface area contributed by atoms with Gasteiger partial charge in [-0.2, -0.15) is 4.31 Å². The number of nitrogens with one attached hydrogen (secondary N) is 1. The third-order valence-electron chi connectivity index (χ3n) is 8.75. The maximum atomic E-state index is 14.4. The average Bonchev–Trinajstić information content (AvgIpc) is 3.43. The van der Waals surface area contributed by atoms with Crippen LogP contribution in [-0.4, -0.2) is 101 Å². The summed E-state index contributed by atoms with van der Waals surface area (Å²) < 4.78 is 80.2. The van der Waals surface area contributed by atoms with E-state index in [1.54, 1.807) is 26.8 Å². The fourth-order valence-electron chi connectivity index (χ4n) is 5.77. The number of aryl methyl sites for hydroxylation is 2. The van der Waals surface area contributed by atoms with Gasteiger partial charge in [-0.1, -0.05) is 12.1 Å². The summed E-state index contributed by atoms with van der Waals surface area (Å²) in [7, 11) is -5.06. The normalized spacial score (nSPS) is 20.5. The number of benzene rings is 2. The summed E-state index contributed by atoms with van der Waals surface area (Å²) in [6, 6.07) is 9.76. The Morgan fingerprint density at radius 3 is 2.42 bits per heavy atom. The Balaban J connectivity index is 1.68. The molecule has 14 nitrogen and oxygen atoms in total. The molecule has 0 unspecified atom stereocenters. The smallest absolute Gasteiger partial charge is 0.261 e. The van der Waals surface area contributed by atoms with E-state index in [2.05, 4.69) is 9.88 Å². The lowest BCUT2D eigenvalue weighted by atomic mass is 10.0. The summed E-state index contributed by atoms with van der Waals surface area (Å²) in [5, 5.41) is 14.0. The number of ether oxygens (including phenoxy) is 3. The number of hydrogen-bond acceptors (Lipinski definition) is 11. The van der Waals surface area contributed by atoms with Crippen LogP contribution in [0.3, 0.4) is 0 Å². The number of aliphatic hydroxyl groups is 1. The minimum atomic E-state index is -4.03. The second-order valence-corrected chi connectivity index (χ2v) is 16.4. The molecule has 0 saturated carbocycles. The van der Waals surface area contributed by atoms with E-state index in [1.165, 1.54) is 59.8 Å². The number of nitrogens with zero attached hydrogens (tertiary/aromatic N) is 3. The number of carbonyl (C=O) groups excluding carboxylic acids is 1. The van der Waals surface area contributed by atoms with Gasteiger partial charge in [-0.25, -0.2) is 16.8 Å². The first-order valence-electron chi connectivity index (χ1n) is 16.5. The van der Waals surface area contributed by atoms with Crippen molar-refractivity contribution in [1.29, 1.82) is 0 Å². The summed E-state index contributed by atoms with van der Waals surface area (Å²) in [5.41, 5.74) is 0.498. The van der Waals surface area contributed by atoms with Crippen LogP contribution in [0.4, 0.5) is 5.69 Å². The van der Waals surface area contributed by atoms with Crippen molar-refractivity contribution in [2.75, 3.05) is 45.2 Å². The van der Waals surface area contributed by atoms with E-state index in [4.69, 9.17) is 18.7 Å². The van der Waals surface area contributed by atoms with Crippen LogP contribution in [-0.2, 0) is 24.8 Å². The van der Waals surface area contributed by atoms with Crippen molar-refractivity contribution in [1.82, 2.24) is 14.4 Å². The van der Waals surface area contributed by atoms with Crippen LogP contribution in [0.1, 0.15) is 61.8 Å². The Bertz CT molecular complexity index is 1810. The fourth-order valence-corrected chi connectivity index (χ4v) is 8.28. The molecule has 0 bridgehead atoms. The topological polar surface area (TPSA) is 178 Å². The van der Waals surface area contributed by atoms with Crippen molar-refractivity contribution in [2.24, 2.45) is 5.92 Å². The number of hydrogen-bond donors (Lipinski definition) is 2. The van der Waals surface area contributed by atoms with Crippen molar-refractivity contribution in [2.45, 2.75) is 81.9 Å². The van der Waals surface area contributed by atoms with Gasteiger partial charge in [0.05, 0.1) is 42.4 Å². The maximum absolute atomic E-state index is 14.4. The highest BCUT2D eigenvalue weighted by Crippen LogP contribution is 2.30. The lowest BCUT2D eigenvalue weighted by Crippen LogP contribution is -2.48. The molecule has 4 atom stereocenters. The van der Waals surface area contributed by atoms with Gasteiger partial charge in [-0.3, -0.25) is 9.52 Å². The standard InChI is InChI=1S/C34H48N4O10S2/c1-22-19-38(23(2)21-39)34(40)30-18-27(36-49(41,42)29-14-12-28(45-7)13-15-29)11-16-31(30)47-24(3)10-8-9-17-46-32(22)20-37(6)50(43,44)33-25(4)35-48-26(33)5/h11-16,18,22-24,32,36,39H,8-10,17,19-21H2,1-7H3/t22-,23-,24+,32-/m0/s1. The molecule has 0 aliphatic carbocycles. The van der Waals surface area contributed by atoms with Crippen molar-refractivity contribution >= 4 is 31.6 Å². The molecule has 4 rings (SSSR count). The minimum Gasteiger partial charge on any atom is -0.497 e. The number of likely N-dealkylation sites (N-methyl/N-ethyl adjacent to an activating group) is 1. The first-order valence-corrected chi connectivity index (χ1v) is 19.4. The van der Waals surface area contributed by atoms with Crippen LogP contribution in [0.5, 0.6) is 11.5 Å². The zero-order valence-corrected chi connectivity index (χ0v) is 31.2. The van der Waals surface area contributed by atoms with Crippen molar-refractivity contribution in [3.63, 3.8) is 0 Å². The quantitative estimate of drug-likeness (QED) is 0.305. The average molecular weight is 737 g/mol. The molecule has 1 aromatic heterocycles. The largest absolute Gasteiger partial charge is 0.497 e. The molecule has 276 valence electrons. The molecule has 0 fully saturated rings. The second kappa shape index (κ2) is 16.5. The summed E-state index contributed by atoms with van der Waals surface area (Å²) in [4.78, 5) is 15.9. The van der Waals surface area contributed by atoms with Gasteiger partial charge in [-0.05, 0) is 89.4 Å². The van der Waals surface area contributed by atoms with Gasteiger partial charge in [0.15, 0.2) is 5.76 Å². The number of amides is 1. The van der Waals surface area contributed by atoms with Crippen LogP contribution < -0.4 is 14.2 Å². The van der Waals surface area contributed by atoms with E-state index >= 15 is 0 Å². The van der Waals surface area contributed by atoms with Crippen LogP contribution in [0.2, 0.25) is 0 Å². The number of aromatic nitrogens is 1. The van der Waals surface area contributed by atoms with Crippen molar-refractivity contribution in [3.05, 3.63) is 59.5 Å². The predicted molar refractivity (Wildman–Crippen MR) is 186 cm³/mol. The zero-order valence-electron chi connectivity index (χ0n) is 29.6. The molecule has 3 aromatic rings. The van der Waals surface area contributed by atoms with Gasteiger partial charge in [0.25, 0.3) is 15.9 Å². The van der Waals surface area contributed by atoms with Crippen LogP contribution in [0.15, 0.2) is 56.8 Å². The molecule has 0 spiro atoms. The Labute approximate surface area is 294 Å². The van der Waals surface area contributed by atoms with Gasteiger partial charge >= 0.3 is 0 Å². The summed E-state index contributed by atoms with van der Waals surface area (Å²) in [5.74, 6) is 0.0500. The highest BCUT2D eigenvalue weighted by Gasteiger charge is 2.34. The third kappa shape index (κ3) is 9.15. The summed E-state index contributed by atoms with van der Waals surface area (Å²) in [6.45, 7) is 8.61. The number of anilines is 1. The Morgan fingerprint density at radius 1 is 1.10 bits per heavy atom. The lowest BCUT2D eigenvalue weighted by molar-refractivity contribution is -0.00835. The minimum absolute atomic E-state index is 0.00302. The molecule has 1 aliphatic rings. The van der Waals surface area contributed by atoms with E-state index in [9.17, 15) is 26.7 Å².